The van der Waals surface area contributed by atoms with Crippen LogP contribution >= 0.6 is 0 Å². The predicted molar refractivity (Wildman–Crippen MR) is 197 cm³/mol. The molecule has 7 aromatic rings. The smallest absolute Gasteiger partial charge is 0.509 e. The number of fused-ring (bicyclic) bond motifs is 3. The summed E-state index contributed by atoms with van der Waals surface area (Å²) in [5, 5.41) is 6.87. The second-order valence-corrected chi connectivity index (χ2v) is 12.8. The summed E-state index contributed by atoms with van der Waals surface area (Å²) in [6.45, 7) is 6.57. The van der Waals surface area contributed by atoms with E-state index >= 15 is 0 Å². The summed E-state index contributed by atoms with van der Waals surface area (Å²) in [5.41, 5.74) is 7.22. The molecule has 268 valence electrons. The zero-order chi connectivity index (χ0) is 35.5. The van der Waals surface area contributed by atoms with Gasteiger partial charge in [0.05, 0.1) is 11.3 Å². The molecule has 3 aromatic heterocycles. The Kier molecular flexibility index (Phi) is 11.3. The van der Waals surface area contributed by atoms with Crippen LogP contribution in [0.3, 0.4) is 0 Å². The fourth-order valence-electron chi connectivity index (χ4n) is 6.78. The van der Waals surface area contributed by atoms with Gasteiger partial charge in [-0.15, -0.1) is 35.7 Å². The van der Waals surface area contributed by atoms with Crippen molar-refractivity contribution in [1.29, 1.82) is 0 Å². The maximum absolute atomic E-state index is 13.7. The Morgan fingerprint density at radius 2 is 1.52 bits per heavy atom. The third-order valence-electron chi connectivity index (χ3n) is 9.15. The van der Waals surface area contributed by atoms with Gasteiger partial charge in [-0.25, -0.2) is 4.98 Å². The molecule has 0 aliphatic carbocycles. The molecule has 3 heterocycles. The maximum Gasteiger partial charge on any atom is 2.00 e. The van der Waals surface area contributed by atoms with Crippen LogP contribution < -0.4 is 4.74 Å². The van der Waals surface area contributed by atoms with Crippen molar-refractivity contribution in [2.45, 2.75) is 71.9 Å². The summed E-state index contributed by atoms with van der Waals surface area (Å²) in [6.07, 6.45) is 3.63. The van der Waals surface area contributed by atoms with Crippen LogP contribution in [0.25, 0.3) is 44.4 Å². The molecule has 0 amide bonds. The molecule has 0 atom stereocenters. The number of nitrogens with zero attached hydrogens (tertiary/aromatic N) is 4. The van der Waals surface area contributed by atoms with E-state index in [1.54, 1.807) is 4.57 Å². The molecular formula is C43H39F3N4OPd. The molecule has 0 aliphatic rings. The molecule has 9 heteroatoms. The van der Waals surface area contributed by atoms with E-state index in [1.165, 1.54) is 22.9 Å². The minimum atomic E-state index is -4.50. The number of pyridine rings is 1. The van der Waals surface area contributed by atoms with Crippen molar-refractivity contribution in [3.63, 3.8) is 0 Å². The summed E-state index contributed by atoms with van der Waals surface area (Å²) in [4.78, 5) is 4.33. The van der Waals surface area contributed by atoms with Crippen LogP contribution in [-0.4, -0.2) is 19.3 Å². The summed E-state index contributed by atoms with van der Waals surface area (Å²) in [6, 6.07) is 34.8. The van der Waals surface area contributed by atoms with Gasteiger partial charge in [-0.2, -0.15) is 30.4 Å². The van der Waals surface area contributed by atoms with Crippen LogP contribution in [0.1, 0.15) is 69.0 Å². The molecule has 0 unspecified atom stereocenters. The Bertz CT molecular complexity index is 2310. The van der Waals surface area contributed by atoms with E-state index in [1.807, 2.05) is 59.3 Å². The normalized spacial score (nSPS) is 11.7. The molecule has 5 nitrogen and oxygen atoms in total. The molecule has 0 spiro atoms. The first-order valence-electron chi connectivity index (χ1n) is 17.7. The van der Waals surface area contributed by atoms with Gasteiger partial charge in [0, 0.05) is 34.5 Å². The first-order valence-corrected chi connectivity index (χ1v) is 17.7. The van der Waals surface area contributed by atoms with E-state index in [-0.39, 0.29) is 26.2 Å². The number of alkyl halides is 3. The number of rotatable bonds is 12. The Morgan fingerprint density at radius 1 is 0.750 bits per heavy atom. The van der Waals surface area contributed by atoms with Gasteiger partial charge in [-0.1, -0.05) is 88.0 Å². The molecular weight excluding hydrogens is 752 g/mol. The number of unbranched alkanes of at least 4 members (excludes halogenated alkanes) is 1. The van der Waals surface area contributed by atoms with Crippen molar-refractivity contribution in [2.24, 2.45) is 0 Å². The molecule has 0 saturated heterocycles. The van der Waals surface area contributed by atoms with Crippen LogP contribution in [0.15, 0.2) is 97.2 Å². The van der Waals surface area contributed by atoms with Gasteiger partial charge in [0.2, 0.25) is 0 Å². The topological polar surface area (TPSA) is 44.9 Å². The van der Waals surface area contributed by atoms with Crippen molar-refractivity contribution in [3.8, 4) is 34.1 Å². The number of benzene rings is 4. The van der Waals surface area contributed by atoms with Gasteiger partial charge < -0.3 is 9.30 Å². The summed E-state index contributed by atoms with van der Waals surface area (Å²) in [5.74, 6) is 1.02. The number of para-hydroxylation sites is 1. The van der Waals surface area contributed by atoms with E-state index in [0.29, 0.717) is 17.0 Å². The number of ether oxygens (including phenoxy) is 1. The van der Waals surface area contributed by atoms with Crippen LogP contribution in [0.5, 0.6) is 11.5 Å². The van der Waals surface area contributed by atoms with Crippen molar-refractivity contribution in [2.75, 3.05) is 0 Å². The fraction of sp³-hybridized carbons (Fsp3) is 0.256. The molecule has 0 fully saturated rings. The maximum atomic E-state index is 13.7. The minimum absolute atomic E-state index is 0. The zero-order valence-electron chi connectivity index (χ0n) is 29.3. The summed E-state index contributed by atoms with van der Waals surface area (Å²) >= 11 is 0. The molecule has 52 heavy (non-hydrogen) atoms. The van der Waals surface area contributed by atoms with E-state index in [4.69, 9.17) is 9.84 Å². The van der Waals surface area contributed by atoms with Crippen molar-refractivity contribution in [3.05, 3.63) is 132 Å². The number of aryl methyl sites for hydroxylation is 2. The number of halogens is 3. The van der Waals surface area contributed by atoms with Crippen LogP contribution in [0, 0.1) is 12.1 Å². The Balaban J connectivity index is 0.00000464. The van der Waals surface area contributed by atoms with Crippen molar-refractivity contribution < 1.29 is 38.3 Å². The van der Waals surface area contributed by atoms with E-state index in [9.17, 15) is 13.2 Å². The molecule has 7 rings (SSSR count). The molecule has 4 aromatic carbocycles. The summed E-state index contributed by atoms with van der Waals surface area (Å²) < 4.78 is 51.2. The van der Waals surface area contributed by atoms with Crippen LogP contribution in [0.4, 0.5) is 13.2 Å². The number of hydrogen-bond acceptors (Lipinski definition) is 3. The summed E-state index contributed by atoms with van der Waals surface area (Å²) in [7, 11) is 0. The fourth-order valence-corrected chi connectivity index (χ4v) is 6.78. The van der Waals surface area contributed by atoms with Gasteiger partial charge in [-0.05, 0) is 66.1 Å². The second-order valence-electron chi connectivity index (χ2n) is 12.8. The van der Waals surface area contributed by atoms with E-state index < -0.39 is 11.7 Å². The van der Waals surface area contributed by atoms with Crippen molar-refractivity contribution in [1.82, 2.24) is 19.3 Å². The number of hydrogen-bond donors (Lipinski definition) is 0. The first kappa shape index (κ1) is 37.1. The largest absolute Gasteiger partial charge is 2.00 e. The Morgan fingerprint density at radius 3 is 2.27 bits per heavy atom. The van der Waals surface area contributed by atoms with E-state index in [2.05, 4.69) is 62.2 Å². The molecule has 0 bridgehead atoms. The quantitative estimate of drug-likeness (QED) is 0.0915. The molecule has 0 saturated carbocycles. The first-order chi connectivity index (χ1) is 24.8. The van der Waals surface area contributed by atoms with Crippen molar-refractivity contribution >= 4 is 21.8 Å². The minimum Gasteiger partial charge on any atom is -0.509 e. The molecule has 0 aliphatic heterocycles. The average molecular weight is 791 g/mol. The predicted octanol–water partition coefficient (Wildman–Crippen LogP) is 11.7. The molecule has 0 N–H and O–H groups in total. The standard InChI is InChI=1S/C43H39F3N4O.Pd/c1-4-7-16-39-42(30-20-18-29(11-5-2)19-21-30)37(12-6-3)48-50(39)32-13-10-14-33(27-32)51-34-22-23-36-35-15-8-9-17-38(35)49(40(36)28-34)41-26-31(24-25-47-41)43(44,45)46;/h8-10,13-15,17-26H,4-7,11-12,16H2,1-3H3;/q-2;+2. The van der Waals surface area contributed by atoms with Gasteiger partial charge in [0.15, 0.2) is 0 Å². The zero-order valence-corrected chi connectivity index (χ0v) is 30.9. The SMILES string of the molecule is CCCCc1c(-c2ccc(CCC)cc2)c(CCC)nn1-c1[c-]c(Oc2[c-]c3c(cc2)c2ccccc2n3-c2cc(C(F)(F)F)ccn2)ccc1.[Pd+2]. The number of aromatic nitrogens is 4. The van der Waals surface area contributed by atoms with Gasteiger partial charge in [-0.3, -0.25) is 4.68 Å². The average Bonchev–Trinajstić information content (AvgIpc) is 3.66. The third kappa shape index (κ3) is 7.44. The van der Waals surface area contributed by atoms with E-state index in [0.717, 1.165) is 90.4 Å². The van der Waals surface area contributed by atoms with Gasteiger partial charge in [0.25, 0.3) is 0 Å². The molecule has 0 radical (unpaired) electrons. The van der Waals surface area contributed by atoms with Gasteiger partial charge in [0.1, 0.15) is 5.82 Å². The Labute approximate surface area is 316 Å². The van der Waals surface area contributed by atoms with Crippen LogP contribution in [-0.2, 0) is 45.9 Å². The Hall–Kier alpha value is -4.71. The second kappa shape index (κ2) is 15.9. The van der Waals surface area contributed by atoms with Gasteiger partial charge >= 0.3 is 26.6 Å². The monoisotopic (exact) mass is 790 g/mol. The van der Waals surface area contributed by atoms with Crippen LogP contribution in [0.2, 0.25) is 0 Å². The third-order valence-corrected chi connectivity index (χ3v) is 9.15.